The molecule has 1 N–H and O–H groups in total. The van der Waals surface area contributed by atoms with Gasteiger partial charge in [0, 0.05) is 6.04 Å². The maximum absolute atomic E-state index is 12.4. The number of nitrogens with zero attached hydrogens (tertiary/aromatic N) is 1. The molecule has 0 rings (SSSR count). The lowest BCUT2D eigenvalue weighted by atomic mass is 10.1. The molecule has 6 heteroatoms. The minimum absolute atomic E-state index is 0.0375. The second-order valence-electron chi connectivity index (χ2n) is 2.91. The minimum atomic E-state index is -4.02. The first kappa shape index (κ1) is 13.2. The Morgan fingerprint density at radius 1 is 1.43 bits per heavy atom. The summed E-state index contributed by atoms with van der Waals surface area (Å²) >= 11 is 0. The first-order chi connectivity index (χ1) is 6.44. The van der Waals surface area contributed by atoms with Crippen LogP contribution in [0, 0.1) is 11.3 Å². The maximum atomic E-state index is 12.4. The fourth-order valence-corrected chi connectivity index (χ4v) is 0.829. The summed E-state index contributed by atoms with van der Waals surface area (Å²) in [5.74, 6) is -4.02. The minimum Gasteiger partial charge on any atom is -0.307 e. The molecule has 0 aromatic carbocycles. The molecule has 2 nitrogen and oxygen atoms in total. The molecule has 1 unspecified atom stereocenters. The molecule has 0 bridgehead atoms. The van der Waals surface area contributed by atoms with E-state index in [2.05, 4.69) is 5.32 Å². The zero-order valence-corrected chi connectivity index (χ0v) is 7.74. The molecule has 0 radical (unpaired) electrons. The smallest absolute Gasteiger partial charge is 0.307 e. The number of alkyl halides is 4. The molecule has 0 aliphatic rings. The summed E-state index contributed by atoms with van der Waals surface area (Å²) in [6.07, 6.45) is -3.18. The van der Waals surface area contributed by atoms with Gasteiger partial charge in [0.05, 0.1) is 19.0 Å². The monoisotopic (exact) mass is 212 g/mol. The molecule has 1 atom stereocenters. The van der Waals surface area contributed by atoms with Gasteiger partial charge >= 0.3 is 12.3 Å². The van der Waals surface area contributed by atoms with Crippen LogP contribution in [0.2, 0.25) is 0 Å². The molecule has 0 saturated carbocycles. The molecule has 82 valence electrons. The van der Waals surface area contributed by atoms with E-state index in [4.69, 9.17) is 5.26 Å². The first-order valence-electron chi connectivity index (χ1n) is 4.20. The van der Waals surface area contributed by atoms with E-state index in [-0.39, 0.29) is 6.42 Å². The van der Waals surface area contributed by atoms with Crippen molar-refractivity contribution in [3.63, 3.8) is 0 Å². The van der Waals surface area contributed by atoms with Crippen LogP contribution in [0.1, 0.15) is 19.8 Å². The molecular weight excluding hydrogens is 200 g/mol. The van der Waals surface area contributed by atoms with E-state index in [1.807, 2.05) is 0 Å². The highest BCUT2D eigenvalue weighted by molar-refractivity contribution is 4.82. The predicted molar refractivity (Wildman–Crippen MR) is 43.3 cm³/mol. The SMILES string of the molecule is CCC(CC#N)NCC(F)(F)C(F)F. The van der Waals surface area contributed by atoms with E-state index in [1.165, 1.54) is 0 Å². The Morgan fingerprint density at radius 3 is 2.36 bits per heavy atom. The van der Waals surface area contributed by atoms with Gasteiger partial charge in [-0.15, -0.1) is 0 Å². The molecule has 0 aromatic rings. The van der Waals surface area contributed by atoms with E-state index in [0.717, 1.165) is 0 Å². The van der Waals surface area contributed by atoms with Crippen molar-refractivity contribution in [3.8, 4) is 6.07 Å². The zero-order chi connectivity index (χ0) is 11.2. The van der Waals surface area contributed by atoms with Crippen LogP contribution >= 0.6 is 0 Å². The van der Waals surface area contributed by atoms with Crippen molar-refractivity contribution < 1.29 is 17.6 Å². The van der Waals surface area contributed by atoms with Crippen LogP contribution < -0.4 is 5.32 Å². The third-order valence-electron chi connectivity index (χ3n) is 1.78. The standard InChI is InChI=1S/C8H12F4N2/c1-2-6(3-4-13)14-5-8(11,12)7(9)10/h6-7,14H,2-3,5H2,1H3. The van der Waals surface area contributed by atoms with E-state index in [0.29, 0.717) is 6.42 Å². The van der Waals surface area contributed by atoms with Gasteiger partial charge in [0.25, 0.3) is 0 Å². The molecule has 14 heavy (non-hydrogen) atoms. The Balaban J connectivity index is 3.97. The van der Waals surface area contributed by atoms with Crippen LogP contribution in [-0.4, -0.2) is 24.9 Å². The Morgan fingerprint density at radius 2 is 2.00 bits per heavy atom. The van der Waals surface area contributed by atoms with Gasteiger partial charge in [-0.2, -0.15) is 14.0 Å². The Kier molecular flexibility index (Phi) is 5.46. The number of rotatable bonds is 6. The molecule has 0 aliphatic heterocycles. The van der Waals surface area contributed by atoms with Crippen LogP contribution in [0.15, 0.2) is 0 Å². The lowest BCUT2D eigenvalue weighted by molar-refractivity contribution is -0.126. The van der Waals surface area contributed by atoms with Crippen molar-refractivity contribution in [2.45, 2.75) is 38.2 Å². The van der Waals surface area contributed by atoms with Crippen molar-refractivity contribution in [2.75, 3.05) is 6.54 Å². The fraction of sp³-hybridized carbons (Fsp3) is 0.875. The second kappa shape index (κ2) is 5.81. The Labute approximate surface area is 79.9 Å². The largest absolute Gasteiger partial charge is 0.319 e. The molecule has 0 aromatic heterocycles. The molecule has 0 aliphatic carbocycles. The van der Waals surface area contributed by atoms with Gasteiger partial charge in [-0.05, 0) is 6.42 Å². The first-order valence-corrected chi connectivity index (χ1v) is 4.20. The quantitative estimate of drug-likeness (QED) is 0.685. The van der Waals surface area contributed by atoms with Crippen molar-refractivity contribution in [1.29, 1.82) is 5.26 Å². The van der Waals surface area contributed by atoms with Gasteiger partial charge in [-0.1, -0.05) is 6.92 Å². The second-order valence-corrected chi connectivity index (χ2v) is 2.91. The maximum Gasteiger partial charge on any atom is 0.319 e. The van der Waals surface area contributed by atoms with Crippen molar-refractivity contribution in [2.24, 2.45) is 0 Å². The van der Waals surface area contributed by atoms with E-state index in [1.54, 1.807) is 13.0 Å². The molecule has 0 saturated heterocycles. The van der Waals surface area contributed by atoms with Gasteiger partial charge in [0.1, 0.15) is 0 Å². The number of nitrogens with one attached hydrogen (secondary N) is 1. The fourth-order valence-electron chi connectivity index (χ4n) is 0.829. The van der Waals surface area contributed by atoms with Crippen LogP contribution in [0.25, 0.3) is 0 Å². The molecular formula is C8H12F4N2. The number of hydrogen-bond acceptors (Lipinski definition) is 2. The van der Waals surface area contributed by atoms with E-state index >= 15 is 0 Å². The zero-order valence-electron chi connectivity index (χ0n) is 7.74. The van der Waals surface area contributed by atoms with Crippen molar-refractivity contribution >= 4 is 0 Å². The van der Waals surface area contributed by atoms with E-state index in [9.17, 15) is 17.6 Å². The molecule has 0 heterocycles. The lowest BCUT2D eigenvalue weighted by Crippen LogP contribution is -2.42. The van der Waals surface area contributed by atoms with E-state index < -0.39 is 24.9 Å². The lowest BCUT2D eigenvalue weighted by Gasteiger charge is -2.19. The predicted octanol–water partition coefficient (Wildman–Crippen LogP) is 2.17. The third kappa shape index (κ3) is 4.42. The summed E-state index contributed by atoms with van der Waals surface area (Å²) in [6.45, 7) is 0.598. The summed E-state index contributed by atoms with van der Waals surface area (Å²) in [6, 6.07) is 1.34. The van der Waals surface area contributed by atoms with Crippen LogP contribution in [-0.2, 0) is 0 Å². The number of halogens is 4. The average molecular weight is 212 g/mol. The average Bonchev–Trinajstić information content (AvgIpc) is 2.12. The van der Waals surface area contributed by atoms with Crippen LogP contribution in [0.3, 0.4) is 0 Å². The van der Waals surface area contributed by atoms with Gasteiger partial charge in [0.15, 0.2) is 0 Å². The van der Waals surface area contributed by atoms with Crippen molar-refractivity contribution in [1.82, 2.24) is 5.32 Å². The summed E-state index contributed by atoms with van der Waals surface area (Å²) in [5.41, 5.74) is 0. The molecule has 0 amide bonds. The highest BCUT2D eigenvalue weighted by Crippen LogP contribution is 2.21. The number of nitriles is 1. The summed E-state index contributed by atoms with van der Waals surface area (Å²) in [7, 11) is 0. The summed E-state index contributed by atoms with van der Waals surface area (Å²) < 4.78 is 48.2. The third-order valence-corrected chi connectivity index (χ3v) is 1.78. The summed E-state index contributed by atoms with van der Waals surface area (Å²) in [4.78, 5) is 0. The number of hydrogen-bond donors (Lipinski definition) is 1. The molecule has 0 fully saturated rings. The Bertz CT molecular complexity index is 200. The van der Waals surface area contributed by atoms with Gasteiger partial charge < -0.3 is 5.32 Å². The normalized spacial score (nSPS) is 14.1. The van der Waals surface area contributed by atoms with Gasteiger partial charge in [-0.3, -0.25) is 0 Å². The van der Waals surface area contributed by atoms with Crippen LogP contribution in [0.4, 0.5) is 17.6 Å². The highest BCUT2D eigenvalue weighted by Gasteiger charge is 2.40. The van der Waals surface area contributed by atoms with Gasteiger partial charge in [0.2, 0.25) is 0 Å². The summed E-state index contributed by atoms with van der Waals surface area (Å²) in [5, 5.41) is 10.5. The Hall–Kier alpha value is -0.830. The topological polar surface area (TPSA) is 35.8 Å². The van der Waals surface area contributed by atoms with Gasteiger partial charge in [-0.25, -0.2) is 8.78 Å². The van der Waals surface area contributed by atoms with Crippen LogP contribution in [0.5, 0.6) is 0 Å². The van der Waals surface area contributed by atoms with Crippen molar-refractivity contribution in [3.05, 3.63) is 0 Å². The molecule has 0 spiro atoms. The highest BCUT2D eigenvalue weighted by atomic mass is 19.3.